The second-order valence-electron chi connectivity index (χ2n) is 10.7. The zero-order chi connectivity index (χ0) is 21.9. The molecule has 0 N–H and O–H groups in total. The van der Waals surface area contributed by atoms with Gasteiger partial charge < -0.3 is 4.74 Å². The Hall–Kier alpha value is -2.17. The van der Waals surface area contributed by atoms with Crippen molar-refractivity contribution in [2.45, 2.75) is 65.4 Å². The number of rotatable bonds is 4. The molecule has 0 spiro atoms. The summed E-state index contributed by atoms with van der Waals surface area (Å²) in [4.78, 5) is 40.6. The second-order valence-corrected chi connectivity index (χ2v) is 10.7. The van der Waals surface area contributed by atoms with E-state index in [9.17, 15) is 14.4 Å². The molecule has 1 aromatic carbocycles. The lowest BCUT2D eigenvalue weighted by Crippen LogP contribution is -2.36. The number of nitrogens with zero attached hydrogens (tertiary/aromatic N) is 1. The van der Waals surface area contributed by atoms with Crippen molar-refractivity contribution in [3.05, 3.63) is 29.8 Å². The number of carbonyl (C=O) groups is 3. The topological polar surface area (TPSA) is 63.7 Å². The van der Waals surface area contributed by atoms with Crippen LogP contribution in [-0.2, 0) is 14.3 Å². The van der Waals surface area contributed by atoms with Gasteiger partial charge in [-0.15, -0.1) is 0 Å². The third kappa shape index (κ3) is 3.41. The molecule has 7 atom stereocenters. The van der Waals surface area contributed by atoms with E-state index in [1.165, 1.54) is 11.3 Å². The largest absolute Gasteiger partial charge is 0.458 e. The van der Waals surface area contributed by atoms with Crippen LogP contribution in [0.1, 0.15) is 69.7 Å². The first-order valence-electron chi connectivity index (χ1n) is 12.0. The average molecular weight is 424 g/mol. The number of ether oxygens (including phenoxy) is 1. The molecule has 31 heavy (non-hydrogen) atoms. The maximum atomic E-state index is 13.1. The summed E-state index contributed by atoms with van der Waals surface area (Å²) in [5.74, 6) is 1.28. The van der Waals surface area contributed by atoms with E-state index in [0.717, 1.165) is 32.1 Å². The van der Waals surface area contributed by atoms with Gasteiger partial charge in [-0.05, 0) is 79.9 Å². The van der Waals surface area contributed by atoms with Gasteiger partial charge >= 0.3 is 5.97 Å². The minimum atomic E-state index is -0.356. The zero-order valence-electron chi connectivity index (χ0n) is 18.8. The normalized spacial score (nSPS) is 36.9. The van der Waals surface area contributed by atoms with Gasteiger partial charge in [0.05, 0.1) is 23.1 Å². The molecule has 166 valence electrons. The van der Waals surface area contributed by atoms with Gasteiger partial charge in [-0.1, -0.05) is 33.3 Å². The molecule has 1 heterocycles. The SMILES string of the molecule is CC(C)[C@H]1CC[C@@H](C)C[C@H]1OC(=O)c1cccc(N2C(=O)[C@@H]3[C@@H]4CC[C@H](C4)[C@@H]3C2=O)c1. The van der Waals surface area contributed by atoms with Gasteiger partial charge in [0.2, 0.25) is 11.8 Å². The third-order valence-electron chi connectivity index (χ3n) is 8.49. The molecule has 0 radical (unpaired) electrons. The summed E-state index contributed by atoms with van der Waals surface area (Å²) in [6.07, 6.45) is 6.20. The van der Waals surface area contributed by atoms with Crippen LogP contribution in [0.15, 0.2) is 24.3 Å². The van der Waals surface area contributed by atoms with Gasteiger partial charge in [-0.3, -0.25) is 14.5 Å². The molecule has 0 unspecified atom stereocenters. The van der Waals surface area contributed by atoms with Gasteiger partial charge in [0.1, 0.15) is 6.10 Å². The first kappa shape index (κ1) is 20.7. The van der Waals surface area contributed by atoms with Crippen LogP contribution in [0.2, 0.25) is 0 Å². The highest BCUT2D eigenvalue weighted by atomic mass is 16.5. The van der Waals surface area contributed by atoms with Crippen molar-refractivity contribution in [3.8, 4) is 0 Å². The van der Waals surface area contributed by atoms with E-state index in [4.69, 9.17) is 4.74 Å². The molecule has 2 bridgehead atoms. The highest BCUT2D eigenvalue weighted by molar-refractivity contribution is 6.22. The molecule has 1 aliphatic heterocycles. The van der Waals surface area contributed by atoms with Crippen molar-refractivity contribution >= 4 is 23.5 Å². The number of hydrogen-bond acceptors (Lipinski definition) is 4. The molecule has 5 heteroatoms. The van der Waals surface area contributed by atoms with E-state index < -0.39 is 0 Å². The maximum Gasteiger partial charge on any atom is 0.338 e. The molecule has 4 aliphatic rings. The predicted molar refractivity (Wildman–Crippen MR) is 117 cm³/mol. The zero-order valence-corrected chi connectivity index (χ0v) is 18.8. The summed E-state index contributed by atoms with van der Waals surface area (Å²) in [6.45, 7) is 6.60. The van der Waals surface area contributed by atoms with Crippen LogP contribution in [0.4, 0.5) is 5.69 Å². The monoisotopic (exact) mass is 423 g/mol. The minimum absolute atomic E-state index is 0.0753. The summed E-state index contributed by atoms with van der Waals surface area (Å²) in [7, 11) is 0. The Labute approximate surface area is 184 Å². The number of imide groups is 1. The lowest BCUT2D eigenvalue weighted by atomic mass is 9.75. The maximum absolute atomic E-state index is 13.1. The van der Waals surface area contributed by atoms with Crippen LogP contribution in [-0.4, -0.2) is 23.9 Å². The van der Waals surface area contributed by atoms with Crippen LogP contribution < -0.4 is 4.90 Å². The van der Waals surface area contributed by atoms with Gasteiger partial charge in [0.15, 0.2) is 0 Å². The molecule has 4 fully saturated rings. The molecule has 1 aromatic rings. The average Bonchev–Trinajstić information content (AvgIpc) is 3.41. The highest BCUT2D eigenvalue weighted by Gasteiger charge is 2.61. The van der Waals surface area contributed by atoms with E-state index in [1.807, 2.05) is 0 Å². The Balaban J connectivity index is 1.35. The smallest absolute Gasteiger partial charge is 0.338 e. The van der Waals surface area contributed by atoms with Gasteiger partial charge in [0.25, 0.3) is 0 Å². The molecular formula is C26H33NO4. The molecule has 5 nitrogen and oxygen atoms in total. The van der Waals surface area contributed by atoms with E-state index in [2.05, 4.69) is 20.8 Å². The fourth-order valence-electron chi connectivity index (χ4n) is 6.89. The first-order valence-corrected chi connectivity index (χ1v) is 12.0. The first-order chi connectivity index (χ1) is 14.8. The number of carbonyl (C=O) groups excluding carboxylic acids is 3. The van der Waals surface area contributed by atoms with Crippen molar-refractivity contribution in [1.29, 1.82) is 0 Å². The van der Waals surface area contributed by atoms with E-state index in [-0.39, 0.29) is 35.7 Å². The Kier molecular flexibility index (Phi) is 5.18. The van der Waals surface area contributed by atoms with E-state index in [0.29, 0.717) is 40.8 Å². The van der Waals surface area contributed by atoms with E-state index >= 15 is 0 Å². The van der Waals surface area contributed by atoms with Crippen LogP contribution >= 0.6 is 0 Å². The number of fused-ring (bicyclic) bond motifs is 5. The van der Waals surface area contributed by atoms with Crippen LogP contribution in [0, 0.1) is 41.4 Å². The van der Waals surface area contributed by atoms with Crippen LogP contribution in [0.3, 0.4) is 0 Å². The standard InChI is InChI=1S/C26H33NO4/c1-14(2)20-10-7-15(3)11-21(20)31-26(30)18-5-4-6-19(13-18)27-24(28)22-16-8-9-17(12-16)23(22)25(27)29/h4-6,13-17,20-23H,7-12H2,1-3H3/t15-,16-,17-,20-,21-,22-,23+/m1/s1. The highest BCUT2D eigenvalue weighted by Crippen LogP contribution is 2.56. The number of anilines is 1. The fraction of sp³-hybridized carbons (Fsp3) is 0.654. The third-order valence-corrected chi connectivity index (χ3v) is 8.49. The summed E-state index contributed by atoms with van der Waals surface area (Å²) >= 11 is 0. The molecule has 2 amide bonds. The van der Waals surface area contributed by atoms with Crippen molar-refractivity contribution in [3.63, 3.8) is 0 Å². The molecule has 1 saturated heterocycles. The second kappa shape index (κ2) is 7.75. The molecule has 5 rings (SSSR count). The quantitative estimate of drug-likeness (QED) is 0.513. The van der Waals surface area contributed by atoms with Gasteiger partial charge in [0, 0.05) is 0 Å². The Bertz CT molecular complexity index is 880. The lowest BCUT2D eigenvalue weighted by molar-refractivity contribution is -0.123. The summed E-state index contributed by atoms with van der Waals surface area (Å²) in [5, 5.41) is 0. The number of esters is 1. The van der Waals surface area contributed by atoms with E-state index in [1.54, 1.807) is 24.3 Å². The van der Waals surface area contributed by atoms with Gasteiger partial charge in [-0.25, -0.2) is 4.79 Å². The molecule has 3 aliphatic carbocycles. The fourth-order valence-corrected chi connectivity index (χ4v) is 6.89. The molecular weight excluding hydrogens is 390 g/mol. The molecule has 0 aromatic heterocycles. The van der Waals surface area contributed by atoms with Crippen molar-refractivity contribution in [1.82, 2.24) is 0 Å². The van der Waals surface area contributed by atoms with Crippen molar-refractivity contribution in [2.75, 3.05) is 4.90 Å². The van der Waals surface area contributed by atoms with Gasteiger partial charge in [-0.2, -0.15) is 0 Å². The summed E-state index contributed by atoms with van der Waals surface area (Å²) in [5.41, 5.74) is 0.925. The Morgan fingerprint density at radius 3 is 2.32 bits per heavy atom. The number of benzene rings is 1. The number of amides is 2. The van der Waals surface area contributed by atoms with Crippen molar-refractivity contribution < 1.29 is 19.1 Å². The van der Waals surface area contributed by atoms with Crippen molar-refractivity contribution in [2.24, 2.45) is 41.4 Å². The summed E-state index contributed by atoms with van der Waals surface area (Å²) in [6, 6.07) is 6.89. The minimum Gasteiger partial charge on any atom is -0.458 e. The molecule has 3 saturated carbocycles. The lowest BCUT2D eigenvalue weighted by Gasteiger charge is -2.36. The Morgan fingerprint density at radius 1 is 1.00 bits per heavy atom. The predicted octanol–water partition coefficient (Wildman–Crippen LogP) is 4.84. The van der Waals surface area contributed by atoms with Crippen LogP contribution in [0.5, 0.6) is 0 Å². The number of hydrogen-bond donors (Lipinski definition) is 0. The van der Waals surface area contributed by atoms with Crippen LogP contribution in [0.25, 0.3) is 0 Å². The summed E-state index contributed by atoms with van der Waals surface area (Å²) < 4.78 is 5.98. The Morgan fingerprint density at radius 2 is 1.68 bits per heavy atom.